The Hall–Kier alpha value is -2.62. The Kier molecular flexibility index (Phi) is 7.90. The lowest BCUT2D eigenvalue weighted by Gasteiger charge is -2.38. The highest BCUT2D eigenvalue weighted by Crippen LogP contribution is 2.36. The highest BCUT2D eigenvalue weighted by Gasteiger charge is 2.36. The summed E-state index contributed by atoms with van der Waals surface area (Å²) in [5, 5.41) is 9.79. The molecule has 0 saturated carbocycles. The van der Waals surface area contributed by atoms with Gasteiger partial charge in [0.2, 0.25) is 10.0 Å². The molecular weight excluding hydrogens is 454 g/mol. The van der Waals surface area contributed by atoms with Gasteiger partial charge >= 0.3 is 0 Å². The van der Waals surface area contributed by atoms with Crippen LogP contribution in [0.2, 0.25) is 0 Å². The number of nitrogens with zero attached hydrogens (tertiary/aromatic N) is 3. The zero-order valence-electron chi connectivity index (χ0n) is 20.7. The van der Waals surface area contributed by atoms with Crippen molar-refractivity contribution < 1.29 is 23.1 Å². The van der Waals surface area contributed by atoms with E-state index in [1.54, 1.807) is 55.3 Å². The van der Waals surface area contributed by atoms with Gasteiger partial charge in [0.25, 0.3) is 5.91 Å². The number of amides is 1. The highest BCUT2D eigenvalue weighted by atomic mass is 32.2. The summed E-state index contributed by atoms with van der Waals surface area (Å²) in [6.45, 7) is 5.90. The number of rotatable bonds is 7. The standard InChI is InChI=1S/C25H35N3O5S/c1-17-10-12-20(13-11-17)34(31,32)27(6)15-23-18(2)14-28(19(3)16-29)25(30)21-8-7-9-22(26(4)5)24(21)33-23/h7-13,18-19,23,29H,14-16H2,1-6H3/t18-,19+,23-/m1/s1. The number of aliphatic hydroxyl groups excluding tert-OH is 1. The maximum Gasteiger partial charge on any atom is 0.258 e. The molecule has 3 atom stereocenters. The largest absolute Gasteiger partial charge is 0.486 e. The summed E-state index contributed by atoms with van der Waals surface area (Å²) in [5.41, 5.74) is 2.10. The zero-order valence-corrected chi connectivity index (χ0v) is 21.5. The summed E-state index contributed by atoms with van der Waals surface area (Å²) in [6.07, 6.45) is -0.522. The van der Waals surface area contributed by atoms with E-state index in [4.69, 9.17) is 4.74 Å². The van der Waals surface area contributed by atoms with Crippen LogP contribution < -0.4 is 9.64 Å². The molecule has 0 fully saturated rings. The van der Waals surface area contributed by atoms with Crippen LogP contribution in [0.25, 0.3) is 0 Å². The molecule has 2 aromatic carbocycles. The van der Waals surface area contributed by atoms with Gasteiger partial charge in [0.15, 0.2) is 5.75 Å². The number of aliphatic hydroxyl groups is 1. The van der Waals surface area contributed by atoms with Crippen molar-refractivity contribution in [1.29, 1.82) is 0 Å². The number of hydrogen-bond acceptors (Lipinski definition) is 6. The number of aryl methyl sites for hydroxylation is 1. The lowest BCUT2D eigenvalue weighted by Crippen LogP contribution is -2.50. The first-order valence-electron chi connectivity index (χ1n) is 11.4. The Balaban J connectivity index is 2.01. The van der Waals surface area contributed by atoms with E-state index in [1.807, 2.05) is 38.9 Å². The van der Waals surface area contributed by atoms with Crippen molar-refractivity contribution >= 4 is 21.6 Å². The van der Waals surface area contributed by atoms with Crippen molar-refractivity contribution in [2.24, 2.45) is 5.92 Å². The maximum atomic E-state index is 13.4. The Labute approximate surface area is 202 Å². The molecule has 1 heterocycles. The number of carbonyl (C=O) groups excluding carboxylic acids is 1. The number of para-hydroxylation sites is 1. The first kappa shape index (κ1) is 26.0. The van der Waals surface area contributed by atoms with Crippen molar-refractivity contribution in [2.45, 2.75) is 37.8 Å². The predicted molar refractivity (Wildman–Crippen MR) is 133 cm³/mol. The number of benzene rings is 2. The third-order valence-corrected chi connectivity index (χ3v) is 8.16. The number of hydrogen-bond donors (Lipinski definition) is 1. The van der Waals surface area contributed by atoms with Gasteiger partial charge in [-0.3, -0.25) is 4.79 Å². The van der Waals surface area contributed by atoms with E-state index >= 15 is 0 Å². The second-order valence-electron chi connectivity index (χ2n) is 9.27. The second kappa shape index (κ2) is 10.3. The molecule has 0 bridgehead atoms. The average Bonchev–Trinajstić information content (AvgIpc) is 2.80. The summed E-state index contributed by atoms with van der Waals surface area (Å²) in [5.74, 6) is 0.00786. The van der Waals surface area contributed by atoms with Crippen molar-refractivity contribution in [1.82, 2.24) is 9.21 Å². The van der Waals surface area contributed by atoms with Gasteiger partial charge in [-0.15, -0.1) is 0 Å². The molecule has 186 valence electrons. The molecule has 2 aromatic rings. The van der Waals surface area contributed by atoms with E-state index in [2.05, 4.69) is 0 Å². The monoisotopic (exact) mass is 489 g/mol. The minimum absolute atomic E-state index is 0.105. The quantitative estimate of drug-likeness (QED) is 0.643. The van der Waals surface area contributed by atoms with Gasteiger partial charge in [0, 0.05) is 33.6 Å². The first-order chi connectivity index (χ1) is 16.0. The molecular formula is C25H35N3O5S. The zero-order chi connectivity index (χ0) is 25.2. The number of carbonyl (C=O) groups is 1. The van der Waals surface area contributed by atoms with E-state index in [9.17, 15) is 18.3 Å². The maximum absolute atomic E-state index is 13.4. The Morgan fingerprint density at radius 1 is 1.15 bits per heavy atom. The summed E-state index contributed by atoms with van der Waals surface area (Å²) >= 11 is 0. The number of likely N-dealkylation sites (N-methyl/N-ethyl adjacent to an activating group) is 1. The van der Waals surface area contributed by atoms with E-state index in [0.29, 0.717) is 17.9 Å². The Morgan fingerprint density at radius 2 is 1.79 bits per heavy atom. The fourth-order valence-corrected chi connectivity index (χ4v) is 5.22. The topological polar surface area (TPSA) is 90.4 Å². The number of fused-ring (bicyclic) bond motifs is 1. The number of sulfonamides is 1. The van der Waals surface area contributed by atoms with Gasteiger partial charge in [-0.2, -0.15) is 4.31 Å². The summed E-state index contributed by atoms with van der Waals surface area (Å²) in [7, 11) is 1.55. The smallest absolute Gasteiger partial charge is 0.258 e. The van der Waals surface area contributed by atoms with Crippen LogP contribution in [-0.4, -0.2) is 81.6 Å². The Bertz CT molecular complexity index is 1120. The fraction of sp³-hybridized carbons (Fsp3) is 0.480. The summed E-state index contributed by atoms with van der Waals surface area (Å²) < 4.78 is 34.2. The first-order valence-corrected chi connectivity index (χ1v) is 12.8. The van der Waals surface area contributed by atoms with Gasteiger partial charge in [0.1, 0.15) is 6.10 Å². The van der Waals surface area contributed by atoms with Crippen LogP contribution >= 0.6 is 0 Å². The molecule has 3 rings (SSSR count). The van der Waals surface area contributed by atoms with Crippen LogP contribution in [0.5, 0.6) is 5.75 Å². The SMILES string of the molecule is Cc1ccc(S(=O)(=O)N(C)C[C@H]2Oc3c(cccc3N(C)C)C(=O)N([C@@H](C)CO)C[C@H]2C)cc1. The molecule has 0 saturated heterocycles. The highest BCUT2D eigenvalue weighted by molar-refractivity contribution is 7.89. The molecule has 9 heteroatoms. The van der Waals surface area contributed by atoms with Crippen molar-refractivity contribution in [3.05, 3.63) is 53.6 Å². The molecule has 1 aliphatic rings. The van der Waals surface area contributed by atoms with Gasteiger partial charge in [0.05, 0.1) is 35.3 Å². The minimum atomic E-state index is -3.73. The summed E-state index contributed by atoms with van der Waals surface area (Å²) in [6, 6.07) is 11.7. The van der Waals surface area contributed by atoms with Gasteiger partial charge in [-0.05, 0) is 38.1 Å². The van der Waals surface area contributed by atoms with Crippen LogP contribution in [0, 0.1) is 12.8 Å². The normalized spacial score (nSPS) is 19.8. The van der Waals surface area contributed by atoms with Crippen LogP contribution in [0.15, 0.2) is 47.4 Å². The van der Waals surface area contributed by atoms with Crippen molar-refractivity contribution in [2.75, 3.05) is 45.7 Å². The van der Waals surface area contributed by atoms with Crippen molar-refractivity contribution in [3.8, 4) is 5.75 Å². The third-order valence-electron chi connectivity index (χ3n) is 6.32. The van der Waals surface area contributed by atoms with Crippen LogP contribution in [0.4, 0.5) is 5.69 Å². The second-order valence-corrected chi connectivity index (χ2v) is 11.3. The molecule has 0 aromatic heterocycles. The van der Waals surface area contributed by atoms with Gasteiger partial charge in [-0.1, -0.05) is 30.7 Å². The fourth-order valence-electron chi connectivity index (χ4n) is 4.04. The lowest BCUT2D eigenvalue weighted by molar-refractivity contribution is 0.0388. The average molecular weight is 490 g/mol. The van der Waals surface area contributed by atoms with E-state index in [0.717, 1.165) is 11.3 Å². The molecule has 0 aliphatic carbocycles. The summed E-state index contributed by atoms with van der Waals surface area (Å²) in [4.78, 5) is 17.2. The minimum Gasteiger partial charge on any atom is -0.486 e. The number of anilines is 1. The van der Waals surface area contributed by atoms with E-state index < -0.39 is 22.2 Å². The predicted octanol–water partition coefficient (Wildman–Crippen LogP) is 2.60. The van der Waals surface area contributed by atoms with Gasteiger partial charge < -0.3 is 19.6 Å². The molecule has 8 nitrogen and oxygen atoms in total. The van der Waals surface area contributed by atoms with E-state index in [1.165, 1.54) is 4.31 Å². The molecule has 0 spiro atoms. The van der Waals surface area contributed by atoms with Crippen LogP contribution in [0.3, 0.4) is 0 Å². The lowest BCUT2D eigenvalue weighted by atomic mass is 9.99. The third kappa shape index (κ3) is 5.21. The molecule has 0 radical (unpaired) electrons. The van der Waals surface area contributed by atoms with Gasteiger partial charge in [-0.25, -0.2) is 8.42 Å². The van der Waals surface area contributed by atoms with Crippen LogP contribution in [-0.2, 0) is 10.0 Å². The molecule has 0 unspecified atom stereocenters. The molecule has 1 amide bonds. The molecule has 1 N–H and O–H groups in total. The van der Waals surface area contributed by atoms with Crippen molar-refractivity contribution in [3.63, 3.8) is 0 Å². The Morgan fingerprint density at radius 3 is 2.38 bits per heavy atom. The van der Waals surface area contributed by atoms with Crippen LogP contribution in [0.1, 0.15) is 29.8 Å². The molecule has 34 heavy (non-hydrogen) atoms. The van der Waals surface area contributed by atoms with E-state index in [-0.39, 0.29) is 29.9 Å². The number of ether oxygens (including phenoxy) is 1. The molecule has 1 aliphatic heterocycles.